The molecule has 2 atom stereocenters. The quantitative estimate of drug-likeness (QED) is 0.192. The first-order valence-corrected chi connectivity index (χ1v) is 17.3. The van der Waals surface area contributed by atoms with Crippen molar-refractivity contribution < 1.29 is 0 Å². The fraction of sp³-hybridized carbons (Fsp3) is 0.0851. The highest BCUT2D eigenvalue weighted by Crippen LogP contribution is 2.67. The van der Waals surface area contributed by atoms with E-state index in [2.05, 4.69) is 146 Å². The topological polar surface area (TPSA) is 38.7 Å². The van der Waals surface area contributed by atoms with Crippen molar-refractivity contribution in [3.8, 4) is 56.4 Å². The van der Waals surface area contributed by atoms with Gasteiger partial charge in [0, 0.05) is 28.0 Å². The van der Waals surface area contributed by atoms with Gasteiger partial charge in [-0.05, 0) is 50.6 Å². The zero-order valence-corrected chi connectivity index (χ0v) is 27.7. The van der Waals surface area contributed by atoms with E-state index in [9.17, 15) is 0 Å². The Labute approximate surface area is 292 Å². The molecule has 3 nitrogen and oxygen atoms in total. The lowest BCUT2D eigenvalue weighted by atomic mass is 9.61. The largest absolute Gasteiger partial charge is 0.208 e. The highest BCUT2D eigenvalue weighted by Gasteiger charge is 2.61. The summed E-state index contributed by atoms with van der Waals surface area (Å²) < 4.78 is 0. The molecule has 6 aromatic carbocycles. The number of hydrogen-bond donors (Lipinski definition) is 0. The molecule has 0 N–H and O–H groups in total. The summed E-state index contributed by atoms with van der Waals surface area (Å²) >= 11 is 0. The predicted molar refractivity (Wildman–Crippen MR) is 202 cm³/mol. The average Bonchev–Trinajstić information content (AvgIpc) is 3.62. The number of aromatic nitrogens is 3. The summed E-state index contributed by atoms with van der Waals surface area (Å²) in [6.45, 7) is 2.42. The van der Waals surface area contributed by atoms with E-state index in [0.29, 0.717) is 17.5 Å². The molecule has 2 unspecified atom stereocenters. The minimum absolute atomic E-state index is 0.157. The van der Waals surface area contributed by atoms with E-state index < -0.39 is 0 Å². The molecule has 0 aliphatic heterocycles. The molecule has 50 heavy (non-hydrogen) atoms. The molecular weight excluding hydrogens is 607 g/mol. The van der Waals surface area contributed by atoms with Crippen LogP contribution in [0.5, 0.6) is 0 Å². The molecule has 0 saturated heterocycles. The zero-order chi connectivity index (χ0) is 33.3. The Morgan fingerprint density at radius 3 is 1.56 bits per heavy atom. The van der Waals surface area contributed by atoms with Crippen molar-refractivity contribution >= 4 is 0 Å². The summed E-state index contributed by atoms with van der Waals surface area (Å²) in [6, 6.07) is 54.1. The van der Waals surface area contributed by atoms with Crippen molar-refractivity contribution in [2.45, 2.75) is 17.8 Å². The van der Waals surface area contributed by atoms with Gasteiger partial charge in [-0.25, -0.2) is 15.0 Å². The maximum absolute atomic E-state index is 5.12. The van der Waals surface area contributed by atoms with Gasteiger partial charge in [-0.3, -0.25) is 0 Å². The van der Waals surface area contributed by atoms with Crippen molar-refractivity contribution in [3.63, 3.8) is 0 Å². The van der Waals surface area contributed by atoms with Gasteiger partial charge in [0.05, 0.1) is 5.41 Å². The molecule has 236 valence electrons. The third kappa shape index (κ3) is 4.01. The van der Waals surface area contributed by atoms with Crippen molar-refractivity contribution in [3.05, 3.63) is 198 Å². The predicted octanol–water partition coefficient (Wildman–Crippen LogP) is 10.9. The van der Waals surface area contributed by atoms with E-state index >= 15 is 0 Å². The molecule has 0 bridgehead atoms. The fourth-order valence-electron chi connectivity index (χ4n) is 9.01. The van der Waals surface area contributed by atoms with Crippen LogP contribution in [0.1, 0.15) is 29.2 Å². The lowest BCUT2D eigenvalue weighted by Gasteiger charge is -2.40. The minimum Gasteiger partial charge on any atom is -0.208 e. The Kier molecular flexibility index (Phi) is 6.28. The van der Waals surface area contributed by atoms with Gasteiger partial charge in [-0.2, -0.15) is 0 Å². The van der Waals surface area contributed by atoms with Crippen LogP contribution >= 0.6 is 0 Å². The third-order valence-electron chi connectivity index (χ3n) is 11.2. The van der Waals surface area contributed by atoms with Crippen LogP contribution in [0.3, 0.4) is 0 Å². The van der Waals surface area contributed by atoms with Gasteiger partial charge in [0.25, 0.3) is 0 Å². The lowest BCUT2D eigenvalue weighted by molar-refractivity contribution is 0.372. The number of hydrogen-bond acceptors (Lipinski definition) is 3. The van der Waals surface area contributed by atoms with E-state index in [1.165, 1.54) is 33.4 Å². The van der Waals surface area contributed by atoms with Crippen molar-refractivity contribution in [1.29, 1.82) is 0 Å². The molecule has 10 rings (SSSR count). The smallest absolute Gasteiger partial charge is 0.164 e. The summed E-state index contributed by atoms with van der Waals surface area (Å²) in [6.07, 6.45) is 9.34. The maximum atomic E-state index is 5.12. The number of nitrogens with zero attached hydrogens (tertiary/aromatic N) is 3. The Morgan fingerprint density at radius 2 is 0.940 bits per heavy atom. The van der Waals surface area contributed by atoms with Crippen molar-refractivity contribution in [2.24, 2.45) is 5.92 Å². The van der Waals surface area contributed by atoms with Gasteiger partial charge in [-0.15, -0.1) is 0 Å². The van der Waals surface area contributed by atoms with Gasteiger partial charge < -0.3 is 0 Å². The van der Waals surface area contributed by atoms with E-state index in [4.69, 9.17) is 15.0 Å². The number of benzene rings is 6. The fourth-order valence-corrected chi connectivity index (χ4v) is 9.01. The first kappa shape index (κ1) is 28.8. The van der Waals surface area contributed by atoms with Crippen LogP contribution in [-0.4, -0.2) is 15.0 Å². The molecule has 1 aromatic heterocycles. The average molecular weight is 640 g/mol. The van der Waals surface area contributed by atoms with Crippen molar-refractivity contribution in [2.75, 3.05) is 0 Å². The second-order valence-electron chi connectivity index (χ2n) is 13.7. The van der Waals surface area contributed by atoms with Crippen LogP contribution in [0.15, 0.2) is 176 Å². The van der Waals surface area contributed by atoms with E-state index in [1.807, 2.05) is 36.4 Å². The molecule has 0 saturated carbocycles. The molecule has 3 aliphatic rings. The summed E-state index contributed by atoms with van der Waals surface area (Å²) in [5.74, 6) is 2.21. The second-order valence-corrected chi connectivity index (χ2v) is 13.7. The normalized spacial score (nSPS) is 18.8. The molecule has 7 aromatic rings. The molecule has 0 amide bonds. The lowest BCUT2D eigenvalue weighted by Crippen LogP contribution is -2.38. The van der Waals surface area contributed by atoms with Gasteiger partial charge in [0.15, 0.2) is 17.5 Å². The Balaban J connectivity index is 1.21. The highest BCUT2D eigenvalue weighted by atomic mass is 15.0. The van der Waals surface area contributed by atoms with Gasteiger partial charge in [0.2, 0.25) is 0 Å². The van der Waals surface area contributed by atoms with Crippen LogP contribution in [0.4, 0.5) is 0 Å². The molecule has 0 radical (unpaired) electrons. The second kappa shape index (κ2) is 10.9. The van der Waals surface area contributed by atoms with Crippen LogP contribution < -0.4 is 0 Å². The minimum atomic E-state index is -0.322. The molecule has 3 aliphatic carbocycles. The van der Waals surface area contributed by atoms with Gasteiger partial charge in [0.1, 0.15) is 0 Å². The first-order valence-electron chi connectivity index (χ1n) is 17.3. The van der Waals surface area contributed by atoms with Crippen molar-refractivity contribution in [1.82, 2.24) is 15.0 Å². The number of allylic oxidation sites excluding steroid dienone is 4. The monoisotopic (exact) mass is 639 g/mol. The highest BCUT2D eigenvalue weighted by molar-refractivity contribution is 5.88. The van der Waals surface area contributed by atoms with E-state index in [0.717, 1.165) is 27.8 Å². The van der Waals surface area contributed by atoms with Gasteiger partial charge >= 0.3 is 0 Å². The Morgan fingerprint density at radius 1 is 0.420 bits per heavy atom. The van der Waals surface area contributed by atoms with Gasteiger partial charge in [-0.1, -0.05) is 177 Å². The van der Waals surface area contributed by atoms with Crippen LogP contribution in [0.2, 0.25) is 0 Å². The number of fused-ring (bicyclic) bond motifs is 10. The van der Waals surface area contributed by atoms with Crippen LogP contribution in [-0.2, 0) is 10.8 Å². The SMILES string of the molecule is CC12C=CC=CC1C1(c3ccccc3-c3ccccc31)c1cc(-c3ccccc3-c3nc(-c4ccccc4)nc(-c4ccccc4)n3)ccc12. The molecule has 3 heteroatoms. The number of rotatable bonds is 4. The summed E-state index contributed by atoms with van der Waals surface area (Å²) in [4.78, 5) is 15.2. The summed E-state index contributed by atoms with van der Waals surface area (Å²) in [5, 5.41) is 0. The van der Waals surface area contributed by atoms with Crippen LogP contribution in [0, 0.1) is 5.92 Å². The molecule has 1 heterocycles. The van der Waals surface area contributed by atoms with E-state index in [1.54, 1.807) is 0 Å². The summed E-state index contributed by atoms with van der Waals surface area (Å²) in [7, 11) is 0. The zero-order valence-electron chi connectivity index (χ0n) is 27.7. The maximum Gasteiger partial charge on any atom is 0.164 e. The molecule has 0 fully saturated rings. The Hall–Kier alpha value is -6.19. The standard InChI is InChI=1S/C47H33N3/c1-46-29-15-14-26-42(46)47(38-24-12-10-21-35(38)36-22-11-13-25-39(36)47)41-30-33(27-28-40(41)46)34-20-8-9-23-37(34)45-49-43(31-16-4-2-5-17-31)48-44(50-45)32-18-6-3-7-19-32/h2-30,42H,1H3. The summed E-state index contributed by atoms with van der Waals surface area (Å²) in [5.41, 5.74) is 12.9. The Bertz CT molecular complexity index is 2410. The van der Waals surface area contributed by atoms with Crippen LogP contribution in [0.25, 0.3) is 56.4 Å². The van der Waals surface area contributed by atoms with E-state index in [-0.39, 0.29) is 16.7 Å². The molecular formula is C47H33N3. The third-order valence-corrected chi connectivity index (χ3v) is 11.2. The molecule has 1 spiro atoms. The first-order chi connectivity index (χ1) is 24.7.